The van der Waals surface area contributed by atoms with E-state index in [2.05, 4.69) is 5.32 Å². The number of hydrogen-bond acceptors (Lipinski definition) is 6. The van der Waals surface area contributed by atoms with Crippen molar-refractivity contribution in [2.75, 3.05) is 11.9 Å². The third-order valence-electron chi connectivity index (χ3n) is 3.17. The lowest BCUT2D eigenvalue weighted by Crippen LogP contribution is -2.29. The zero-order valence-corrected chi connectivity index (χ0v) is 13.7. The number of esters is 1. The predicted octanol–water partition coefficient (Wildman–Crippen LogP) is 2.68. The van der Waals surface area contributed by atoms with Crippen LogP contribution in [0.15, 0.2) is 48.5 Å². The predicted molar refractivity (Wildman–Crippen MR) is 89.2 cm³/mol. The first-order valence-electron chi connectivity index (χ1n) is 7.49. The molecular formula is C17H15FN2O6. The smallest absolute Gasteiger partial charge is 0.347 e. The molecule has 0 aromatic heterocycles. The third-order valence-corrected chi connectivity index (χ3v) is 3.17. The van der Waals surface area contributed by atoms with E-state index in [9.17, 15) is 24.1 Å². The maximum atomic E-state index is 13.6. The summed E-state index contributed by atoms with van der Waals surface area (Å²) >= 11 is 0. The summed E-state index contributed by atoms with van der Waals surface area (Å²) in [4.78, 5) is 33.5. The van der Waals surface area contributed by atoms with Crippen molar-refractivity contribution in [1.29, 1.82) is 0 Å². The van der Waals surface area contributed by atoms with Crippen LogP contribution in [-0.4, -0.2) is 29.5 Å². The first-order chi connectivity index (χ1) is 12.4. The van der Waals surface area contributed by atoms with Gasteiger partial charge in [0.05, 0.1) is 10.6 Å². The SMILES string of the molecule is C[C@H](Oc1ccccc1)C(=O)OCC(=O)Nc1cc([N+](=O)[O-])ccc1F. The molecule has 0 unspecified atom stereocenters. The van der Waals surface area contributed by atoms with E-state index >= 15 is 0 Å². The number of nitrogens with zero attached hydrogens (tertiary/aromatic N) is 1. The molecule has 0 heterocycles. The molecule has 0 radical (unpaired) electrons. The highest BCUT2D eigenvalue weighted by molar-refractivity contribution is 5.93. The molecule has 8 nitrogen and oxygen atoms in total. The molecule has 0 saturated heterocycles. The van der Waals surface area contributed by atoms with Crippen molar-refractivity contribution in [3.05, 3.63) is 64.5 Å². The van der Waals surface area contributed by atoms with Crippen molar-refractivity contribution in [2.24, 2.45) is 0 Å². The highest BCUT2D eigenvalue weighted by atomic mass is 19.1. The molecule has 1 amide bonds. The summed E-state index contributed by atoms with van der Waals surface area (Å²) in [5.41, 5.74) is -0.766. The van der Waals surface area contributed by atoms with E-state index in [4.69, 9.17) is 9.47 Å². The number of carbonyl (C=O) groups is 2. The quantitative estimate of drug-likeness (QED) is 0.461. The molecule has 0 fully saturated rings. The van der Waals surface area contributed by atoms with E-state index < -0.39 is 35.3 Å². The van der Waals surface area contributed by atoms with Gasteiger partial charge in [0.25, 0.3) is 11.6 Å². The number of hydrogen-bond donors (Lipinski definition) is 1. The van der Waals surface area contributed by atoms with Gasteiger partial charge in [-0.25, -0.2) is 9.18 Å². The van der Waals surface area contributed by atoms with E-state index in [0.717, 1.165) is 18.2 Å². The number of halogens is 1. The van der Waals surface area contributed by atoms with Crippen LogP contribution >= 0.6 is 0 Å². The standard InChI is InChI=1S/C17H15FN2O6/c1-11(26-13-5-3-2-4-6-13)17(22)25-10-16(21)19-15-9-12(20(23)24)7-8-14(15)18/h2-9,11H,10H2,1H3,(H,19,21)/t11-/m0/s1. The van der Waals surface area contributed by atoms with Crippen molar-refractivity contribution in [3.63, 3.8) is 0 Å². The van der Waals surface area contributed by atoms with Gasteiger partial charge in [-0.15, -0.1) is 0 Å². The number of nitro groups is 1. The molecule has 0 aliphatic rings. The van der Waals surface area contributed by atoms with Gasteiger partial charge in [0.2, 0.25) is 0 Å². The monoisotopic (exact) mass is 362 g/mol. The second-order valence-corrected chi connectivity index (χ2v) is 5.15. The zero-order valence-electron chi connectivity index (χ0n) is 13.7. The Balaban J connectivity index is 1.87. The van der Waals surface area contributed by atoms with E-state index in [1.54, 1.807) is 30.3 Å². The summed E-state index contributed by atoms with van der Waals surface area (Å²) in [6.07, 6.45) is -0.959. The Kier molecular flexibility index (Phi) is 6.20. The number of benzene rings is 2. The molecule has 1 atom stereocenters. The minimum absolute atomic E-state index is 0.381. The van der Waals surface area contributed by atoms with Gasteiger partial charge in [-0.2, -0.15) is 0 Å². The third kappa shape index (κ3) is 5.26. The second-order valence-electron chi connectivity index (χ2n) is 5.15. The maximum Gasteiger partial charge on any atom is 0.347 e. The van der Waals surface area contributed by atoms with Crippen LogP contribution in [0.25, 0.3) is 0 Å². The number of carbonyl (C=O) groups excluding carboxylic acids is 2. The van der Waals surface area contributed by atoms with E-state index in [1.165, 1.54) is 6.92 Å². The van der Waals surface area contributed by atoms with Crippen molar-refractivity contribution >= 4 is 23.3 Å². The summed E-state index contributed by atoms with van der Waals surface area (Å²) in [5, 5.41) is 12.8. The minimum Gasteiger partial charge on any atom is -0.479 e. The van der Waals surface area contributed by atoms with Gasteiger partial charge >= 0.3 is 5.97 Å². The van der Waals surface area contributed by atoms with Gasteiger partial charge in [-0.1, -0.05) is 18.2 Å². The number of para-hydroxylation sites is 1. The van der Waals surface area contributed by atoms with Gasteiger partial charge in [-0.05, 0) is 25.1 Å². The molecule has 26 heavy (non-hydrogen) atoms. The number of nitrogens with one attached hydrogen (secondary N) is 1. The van der Waals surface area contributed by atoms with E-state index in [0.29, 0.717) is 5.75 Å². The fourth-order valence-electron chi connectivity index (χ4n) is 1.91. The molecule has 0 saturated carbocycles. The lowest BCUT2D eigenvalue weighted by molar-refractivity contribution is -0.384. The number of nitro benzene ring substituents is 1. The molecule has 1 N–H and O–H groups in total. The molecule has 2 rings (SSSR count). The summed E-state index contributed by atoms with van der Waals surface area (Å²) in [6.45, 7) is 0.761. The van der Waals surface area contributed by atoms with Crippen LogP contribution in [0.4, 0.5) is 15.8 Å². The lowest BCUT2D eigenvalue weighted by atomic mass is 10.2. The van der Waals surface area contributed by atoms with Crippen LogP contribution in [0, 0.1) is 15.9 Å². The largest absolute Gasteiger partial charge is 0.479 e. The van der Waals surface area contributed by atoms with Gasteiger partial charge in [-0.3, -0.25) is 14.9 Å². The van der Waals surface area contributed by atoms with Gasteiger partial charge in [0, 0.05) is 12.1 Å². The molecule has 2 aromatic carbocycles. The molecule has 136 valence electrons. The lowest BCUT2D eigenvalue weighted by Gasteiger charge is -2.14. The van der Waals surface area contributed by atoms with E-state index in [-0.39, 0.29) is 11.4 Å². The summed E-state index contributed by atoms with van der Waals surface area (Å²) in [6, 6.07) is 11.2. The normalized spacial score (nSPS) is 11.3. The Hall–Kier alpha value is -3.49. The van der Waals surface area contributed by atoms with Crippen LogP contribution in [0.5, 0.6) is 5.75 Å². The first kappa shape index (κ1) is 18.8. The van der Waals surface area contributed by atoms with Gasteiger partial charge in [0.1, 0.15) is 11.6 Å². The Labute approximate surface area is 147 Å². The average molecular weight is 362 g/mol. The van der Waals surface area contributed by atoms with Gasteiger partial charge < -0.3 is 14.8 Å². The molecular weight excluding hydrogens is 347 g/mol. The van der Waals surface area contributed by atoms with Crippen molar-refractivity contribution < 1.29 is 28.4 Å². The van der Waals surface area contributed by atoms with Crippen LogP contribution in [0.1, 0.15) is 6.92 Å². The molecule has 0 spiro atoms. The molecule has 0 bridgehead atoms. The van der Waals surface area contributed by atoms with Crippen molar-refractivity contribution in [3.8, 4) is 5.75 Å². The number of ether oxygens (including phenoxy) is 2. The van der Waals surface area contributed by atoms with Crippen LogP contribution in [0.3, 0.4) is 0 Å². The Morgan fingerprint density at radius 3 is 2.58 bits per heavy atom. The number of amides is 1. The van der Waals surface area contributed by atoms with Crippen LogP contribution in [0.2, 0.25) is 0 Å². The Bertz CT molecular complexity index is 812. The maximum absolute atomic E-state index is 13.6. The van der Waals surface area contributed by atoms with Crippen molar-refractivity contribution in [1.82, 2.24) is 0 Å². The van der Waals surface area contributed by atoms with Crippen LogP contribution < -0.4 is 10.1 Å². The summed E-state index contributed by atoms with van der Waals surface area (Å²) < 4.78 is 23.7. The number of non-ortho nitro benzene ring substituents is 1. The first-order valence-corrected chi connectivity index (χ1v) is 7.49. The molecule has 9 heteroatoms. The highest BCUT2D eigenvalue weighted by Crippen LogP contribution is 2.21. The summed E-state index contributed by atoms with van der Waals surface area (Å²) in [5.74, 6) is -2.02. The fourth-order valence-corrected chi connectivity index (χ4v) is 1.91. The van der Waals surface area contributed by atoms with E-state index in [1.807, 2.05) is 0 Å². The topological polar surface area (TPSA) is 108 Å². The average Bonchev–Trinajstić information content (AvgIpc) is 2.62. The second kappa shape index (κ2) is 8.56. The summed E-state index contributed by atoms with van der Waals surface area (Å²) in [7, 11) is 0. The zero-order chi connectivity index (χ0) is 19.1. The Morgan fingerprint density at radius 2 is 1.92 bits per heavy atom. The number of anilines is 1. The fraction of sp³-hybridized carbons (Fsp3) is 0.176. The molecule has 0 aliphatic heterocycles. The molecule has 2 aromatic rings. The van der Waals surface area contributed by atoms with Crippen LogP contribution in [-0.2, 0) is 14.3 Å². The Morgan fingerprint density at radius 1 is 1.23 bits per heavy atom. The number of rotatable bonds is 7. The molecule has 0 aliphatic carbocycles. The van der Waals surface area contributed by atoms with Gasteiger partial charge in [0.15, 0.2) is 12.7 Å². The minimum atomic E-state index is -0.959. The van der Waals surface area contributed by atoms with Crippen molar-refractivity contribution in [2.45, 2.75) is 13.0 Å². The highest BCUT2D eigenvalue weighted by Gasteiger charge is 2.19.